The smallest absolute Gasteiger partial charge is 0.307 e. The Hall–Kier alpha value is -1.77. The van der Waals surface area contributed by atoms with Crippen molar-refractivity contribution in [1.29, 1.82) is 0 Å². The van der Waals surface area contributed by atoms with Crippen LogP contribution < -0.4 is 0 Å². The minimum Gasteiger partial charge on any atom is -0.508 e. The number of phenolic OH excluding ortho intramolecular Hbond substituents is 1. The second kappa shape index (κ2) is 4.64. The molecule has 3 nitrogen and oxygen atoms in total. The number of hydrogen-bond acceptors (Lipinski definition) is 2. The van der Waals surface area contributed by atoms with Gasteiger partial charge >= 0.3 is 5.97 Å². The number of hydrogen-bond donors (Lipinski definition) is 2. The van der Waals surface area contributed by atoms with Gasteiger partial charge in [0.2, 0.25) is 0 Å². The van der Waals surface area contributed by atoms with Crippen LogP contribution in [0.2, 0.25) is 0 Å². The number of carboxylic acids is 1. The molecule has 15 heavy (non-hydrogen) atoms. The van der Waals surface area contributed by atoms with Crippen LogP contribution in [-0.2, 0) is 4.79 Å². The van der Waals surface area contributed by atoms with Gasteiger partial charge in [-0.25, -0.2) is 0 Å². The molecule has 0 saturated heterocycles. The Labute approximate surface area is 88.7 Å². The van der Waals surface area contributed by atoms with Crippen molar-refractivity contribution in [2.45, 2.75) is 12.8 Å². The summed E-state index contributed by atoms with van der Waals surface area (Å²) in [5.41, 5.74) is 0.764. The second-order valence-corrected chi connectivity index (χ2v) is 3.48. The van der Waals surface area contributed by atoms with Crippen LogP contribution in [0, 0.1) is 5.92 Å². The van der Waals surface area contributed by atoms with E-state index in [2.05, 4.69) is 6.58 Å². The summed E-state index contributed by atoms with van der Waals surface area (Å²) < 4.78 is 0. The first kappa shape index (κ1) is 11.3. The van der Waals surface area contributed by atoms with Gasteiger partial charge in [0.1, 0.15) is 5.75 Å². The van der Waals surface area contributed by atoms with Gasteiger partial charge in [-0.1, -0.05) is 25.1 Å². The van der Waals surface area contributed by atoms with Gasteiger partial charge in [-0.05, 0) is 17.7 Å². The maximum atomic E-state index is 10.8. The minimum absolute atomic E-state index is 0.136. The summed E-state index contributed by atoms with van der Waals surface area (Å²) in [6.45, 7) is 5.25. The lowest BCUT2D eigenvalue weighted by Gasteiger charge is -2.17. The standard InChI is InChI=1S/C12H14O3/c1-3-11(8(2)12(14)15)9-5-4-6-10(13)7-9/h3-8,11,13H,1H2,2H3,(H,14,15)/t8-,11-/m1/s1. The fourth-order valence-electron chi connectivity index (χ4n) is 1.51. The zero-order valence-corrected chi connectivity index (χ0v) is 8.55. The molecule has 0 aliphatic heterocycles. The quantitative estimate of drug-likeness (QED) is 0.743. The Kier molecular flexibility index (Phi) is 3.50. The van der Waals surface area contributed by atoms with E-state index < -0.39 is 11.9 Å². The lowest BCUT2D eigenvalue weighted by atomic mass is 9.87. The van der Waals surface area contributed by atoms with E-state index in [0.29, 0.717) is 0 Å². The maximum absolute atomic E-state index is 10.8. The first-order chi connectivity index (χ1) is 7.06. The van der Waals surface area contributed by atoms with Crippen LogP contribution in [-0.4, -0.2) is 16.2 Å². The number of aromatic hydroxyl groups is 1. The van der Waals surface area contributed by atoms with E-state index in [1.165, 1.54) is 0 Å². The molecule has 1 aromatic rings. The molecule has 2 atom stereocenters. The topological polar surface area (TPSA) is 57.5 Å². The molecule has 1 aromatic carbocycles. The molecule has 0 aromatic heterocycles. The predicted molar refractivity (Wildman–Crippen MR) is 57.8 cm³/mol. The molecule has 0 heterocycles. The van der Waals surface area contributed by atoms with E-state index >= 15 is 0 Å². The summed E-state index contributed by atoms with van der Waals surface area (Å²) in [7, 11) is 0. The summed E-state index contributed by atoms with van der Waals surface area (Å²) >= 11 is 0. The Morgan fingerprint density at radius 1 is 1.53 bits per heavy atom. The molecule has 3 heteroatoms. The maximum Gasteiger partial charge on any atom is 0.307 e. The summed E-state index contributed by atoms with van der Waals surface area (Å²) in [4.78, 5) is 10.8. The first-order valence-electron chi connectivity index (χ1n) is 4.70. The SMILES string of the molecule is C=C[C@@H](c1cccc(O)c1)[C@@H](C)C(=O)O. The van der Waals surface area contributed by atoms with Crippen molar-refractivity contribution in [2.24, 2.45) is 5.92 Å². The summed E-state index contributed by atoms with van der Waals surface area (Å²) in [5.74, 6) is -1.57. The Bertz CT molecular complexity index is 371. The molecule has 0 unspecified atom stereocenters. The molecule has 0 amide bonds. The van der Waals surface area contributed by atoms with Crippen molar-refractivity contribution in [3.05, 3.63) is 42.5 Å². The molecule has 0 radical (unpaired) electrons. The predicted octanol–water partition coefficient (Wildman–Crippen LogP) is 2.38. The molecule has 0 aliphatic carbocycles. The van der Waals surface area contributed by atoms with E-state index in [1.54, 1.807) is 37.3 Å². The zero-order chi connectivity index (χ0) is 11.4. The molecule has 2 N–H and O–H groups in total. The van der Waals surface area contributed by atoms with Gasteiger partial charge in [-0.3, -0.25) is 4.79 Å². The molecule has 1 rings (SSSR count). The zero-order valence-electron chi connectivity index (χ0n) is 8.55. The summed E-state index contributed by atoms with van der Waals surface area (Å²) in [6.07, 6.45) is 1.59. The van der Waals surface area contributed by atoms with Crippen LogP contribution in [0.3, 0.4) is 0 Å². The molecule has 0 aliphatic rings. The van der Waals surface area contributed by atoms with Crippen LogP contribution in [0.25, 0.3) is 0 Å². The van der Waals surface area contributed by atoms with E-state index in [0.717, 1.165) is 5.56 Å². The third kappa shape index (κ3) is 2.59. The number of allylic oxidation sites excluding steroid dienone is 1. The van der Waals surface area contributed by atoms with Gasteiger partial charge in [-0.15, -0.1) is 6.58 Å². The van der Waals surface area contributed by atoms with Crippen molar-refractivity contribution >= 4 is 5.97 Å². The lowest BCUT2D eigenvalue weighted by molar-refractivity contribution is -0.141. The van der Waals surface area contributed by atoms with E-state index in [1.807, 2.05) is 0 Å². The second-order valence-electron chi connectivity index (χ2n) is 3.48. The fraction of sp³-hybridized carbons (Fsp3) is 0.250. The minimum atomic E-state index is -0.872. The van der Waals surface area contributed by atoms with Gasteiger partial charge in [0, 0.05) is 5.92 Å². The largest absolute Gasteiger partial charge is 0.508 e. The average Bonchev–Trinajstić information content (AvgIpc) is 2.18. The highest BCUT2D eigenvalue weighted by molar-refractivity contribution is 5.71. The fourth-order valence-corrected chi connectivity index (χ4v) is 1.51. The van der Waals surface area contributed by atoms with Crippen molar-refractivity contribution in [3.8, 4) is 5.75 Å². The number of aliphatic carboxylic acids is 1. The van der Waals surface area contributed by atoms with Crippen LogP contribution in [0.15, 0.2) is 36.9 Å². The molecule has 0 saturated carbocycles. The average molecular weight is 206 g/mol. The first-order valence-corrected chi connectivity index (χ1v) is 4.70. The lowest BCUT2D eigenvalue weighted by Crippen LogP contribution is -2.17. The van der Waals surface area contributed by atoms with Crippen molar-refractivity contribution in [3.63, 3.8) is 0 Å². The van der Waals surface area contributed by atoms with E-state index in [4.69, 9.17) is 5.11 Å². The molecule has 0 bridgehead atoms. The number of benzene rings is 1. The molecular formula is C12H14O3. The van der Waals surface area contributed by atoms with Crippen LogP contribution >= 0.6 is 0 Å². The highest BCUT2D eigenvalue weighted by Gasteiger charge is 2.22. The summed E-state index contributed by atoms with van der Waals surface area (Å²) in [6, 6.07) is 6.59. The van der Waals surface area contributed by atoms with Crippen LogP contribution in [0.5, 0.6) is 5.75 Å². The third-order valence-corrected chi connectivity index (χ3v) is 2.44. The molecular weight excluding hydrogens is 192 g/mol. The monoisotopic (exact) mass is 206 g/mol. The molecule has 0 fully saturated rings. The van der Waals surface area contributed by atoms with E-state index in [-0.39, 0.29) is 11.7 Å². The number of rotatable bonds is 4. The van der Waals surface area contributed by atoms with Crippen LogP contribution in [0.4, 0.5) is 0 Å². The normalized spacial score (nSPS) is 14.2. The van der Waals surface area contributed by atoms with E-state index in [9.17, 15) is 9.90 Å². The number of phenols is 1. The highest BCUT2D eigenvalue weighted by atomic mass is 16.4. The molecule has 80 valence electrons. The van der Waals surface area contributed by atoms with Gasteiger partial charge in [0.15, 0.2) is 0 Å². The number of carboxylic acid groups (broad SMARTS) is 1. The molecule has 0 spiro atoms. The van der Waals surface area contributed by atoms with Crippen molar-refractivity contribution in [1.82, 2.24) is 0 Å². The van der Waals surface area contributed by atoms with Crippen LogP contribution in [0.1, 0.15) is 18.4 Å². The van der Waals surface area contributed by atoms with Gasteiger partial charge in [-0.2, -0.15) is 0 Å². The Balaban J connectivity index is 3.02. The Morgan fingerprint density at radius 3 is 2.67 bits per heavy atom. The number of carbonyl (C=O) groups is 1. The Morgan fingerprint density at radius 2 is 2.20 bits per heavy atom. The van der Waals surface area contributed by atoms with Gasteiger partial charge < -0.3 is 10.2 Å². The van der Waals surface area contributed by atoms with Gasteiger partial charge in [0.25, 0.3) is 0 Å². The third-order valence-electron chi connectivity index (χ3n) is 2.44. The van der Waals surface area contributed by atoms with Crippen molar-refractivity contribution in [2.75, 3.05) is 0 Å². The summed E-state index contributed by atoms with van der Waals surface area (Å²) in [5, 5.41) is 18.2. The highest BCUT2D eigenvalue weighted by Crippen LogP contribution is 2.28. The van der Waals surface area contributed by atoms with Crippen molar-refractivity contribution < 1.29 is 15.0 Å². The van der Waals surface area contributed by atoms with Gasteiger partial charge in [0.05, 0.1) is 5.92 Å².